The van der Waals surface area contributed by atoms with Crippen LogP contribution < -0.4 is 0 Å². The molecule has 0 aromatic rings. The van der Waals surface area contributed by atoms with Crippen LogP contribution in [0.3, 0.4) is 0 Å². The average Bonchev–Trinajstić information content (AvgIpc) is 2.71. The van der Waals surface area contributed by atoms with Crippen LogP contribution in [0.25, 0.3) is 0 Å². The molecule has 0 aliphatic carbocycles. The molecule has 2 heteroatoms. The molecular formula is C27H52O2. The molecule has 0 aromatic carbocycles. The van der Waals surface area contributed by atoms with E-state index < -0.39 is 5.97 Å². The Kier molecular flexibility index (Phi) is 24.6. The van der Waals surface area contributed by atoms with Crippen molar-refractivity contribution < 1.29 is 9.90 Å². The molecule has 0 saturated heterocycles. The standard InChI is InChI=1S/C27H52O2/c1-2-3-4-5-6-7-8-9-10-11-12-13-14-15-16-17-18-19-20-21-22-23-24-25-26-27(28)29/h7-8H,2-6,9-26H2,1H3,(H,28,29)/b8-7-. The van der Waals surface area contributed by atoms with Crippen LogP contribution in [0.4, 0.5) is 0 Å². The van der Waals surface area contributed by atoms with Crippen LogP contribution in [0.1, 0.15) is 155 Å². The second-order valence-electron chi connectivity index (χ2n) is 8.91. The highest BCUT2D eigenvalue weighted by atomic mass is 16.4. The highest BCUT2D eigenvalue weighted by Crippen LogP contribution is 2.14. The Labute approximate surface area is 182 Å². The molecule has 1 N–H and O–H groups in total. The van der Waals surface area contributed by atoms with E-state index >= 15 is 0 Å². The van der Waals surface area contributed by atoms with E-state index in [1.807, 2.05) is 0 Å². The Balaban J connectivity index is 3.05. The van der Waals surface area contributed by atoms with E-state index in [-0.39, 0.29) is 0 Å². The van der Waals surface area contributed by atoms with Gasteiger partial charge in [0.25, 0.3) is 0 Å². The minimum atomic E-state index is -0.652. The third-order valence-electron chi connectivity index (χ3n) is 5.90. The van der Waals surface area contributed by atoms with Crippen molar-refractivity contribution >= 4 is 5.97 Å². The van der Waals surface area contributed by atoms with Crippen LogP contribution in [-0.2, 0) is 4.79 Å². The fourth-order valence-electron chi connectivity index (χ4n) is 3.94. The minimum absolute atomic E-state index is 0.344. The molecule has 0 heterocycles. The van der Waals surface area contributed by atoms with Crippen molar-refractivity contribution in [3.63, 3.8) is 0 Å². The predicted octanol–water partition coefficient (Wildman–Crippen LogP) is 9.62. The zero-order valence-electron chi connectivity index (χ0n) is 19.8. The zero-order valence-corrected chi connectivity index (χ0v) is 19.8. The quantitative estimate of drug-likeness (QED) is 0.127. The molecule has 172 valence electrons. The Morgan fingerprint density at radius 1 is 0.517 bits per heavy atom. The summed E-state index contributed by atoms with van der Waals surface area (Å²) in [5.74, 6) is -0.652. The maximum Gasteiger partial charge on any atom is 0.303 e. The Hall–Kier alpha value is -0.790. The summed E-state index contributed by atoms with van der Waals surface area (Å²) >= 11 is 0. The van der Waals surface area contributed by atoms with Crippen LogP contribution in [0.5, 0.6) is 0 Å². The van der Waals surface area contributed by atoms with E-state index in [1.54, 1.807) is 0 Å². The molecule has 0 spiro atoms. The lowest BCUT2D eigenvalue weighted by molar-refractivity contribution is -0.137. The number of hydrogen-bond acceptors (Lipinski definition) is 1. The Morgan fingerprint density at radius 2 is 0.828 bits per heavy atom. The van der Waals surface area contributed by atoms with Crippen LogP contribution >= 0.6 is 0 Å². The normalized spacial score (nSPS) is 11.5. The zero-order chi connectivity index (χ0) is 21.3. The van der Waals surface area contributed by atoms with Gasteiger partial charge < -0.3 is 5.11 Å². The van der Waals surface area contributed by atoms with Gasteiger partial charge in [0.15, 0.2) is 0 Å². The summed E-state index contributed by atoms with van der Waals surface area (Å²) in [5, 5.41) is 8.59. The molecular weight excluding hydrogens is 356 g/mol. The van der Waals surface area contributed by atoms with Gasteiger partial charge in [0.1, 0.15) is 0 Å². The largest absolute Gasteiger partial charge is 0.481 e. The summed E-state index contributed by atoms with van der Waals surface area (Å²) in [6.07, 6.45) is 34.5. The fraction of sp³-hybridized carbons (Fsp3) is 0.889. The topological polar surface area (TPSA) is 37.3 Å². The van der Waals surface area contributed by atoms with Crippen molar-refractivity contribution in [2.75, 3.05) is 0 Å². The van der Waals surface area contributed by atoms with Crippen molar-refractivity contribution in [3.05, 3.63) is 12.2 Å². The van der Waals surface area contributed by atoms with Crippen LogP contribution in [0.2, 0.25) is 0 Å². The highest BCUT2D eigenvalue weighted by Gasteiger charge is 1.97. The molecule has 0 saturated carbocycles. The second kappa shape index (κ2) is 25.2. The van der Waals surface area contributed by atoms with Gasteiger partial charge in [0.05, 0.1) is 0 Å². The lowest BCUT2D eigenvalue weighted by atomic mass is 10.0. The maximum absolute atomic E-state index is 10.4. The molecule has 0 radical (unpaired) electrons. The summed E-state index contributed by atoms with van der Waals surface area (Å²) in [4.78, 5) is 10.4. The Morgan fingerprint density at radius 3 is 1.17 bits per heavy atom. The molecule has 0 rings (SSSR count). The van der Waals surface area contributed by atoms with Crippen LogP contribution in [0.15, 0.2) is 12.2 Å². The summed E-state index contributed by atoms with van der Waals surface area (Å²) < 4.78 is 0. The molecule has 0 unspecified atom stereocenters. The van der Waals surface area contributed by atoms with Gasteiger partial charge in [-0.2, -0.15) is 0 Å². The van der Waals surface area contributed by atoms with Crippen molar-refractivity contribution in [1.29, 1.82) is 0 Å². The SMILES string of the molecule is CCCCCC/C=C\CCCCCCCCCCCCCCCCCCC(=O)O. The smallest absolute Gasteiger partial charge is 0.303 e. The number of carboxylic acids is 1. The van der Waals surface area contributed by atoms with Crippen LogP contribution in [0, 0.1) is 0 Å². The summed E-state index contributed by atoms with van der Waals surface area (Å²) in [5.41, 5.74) is 0. The summed E-state index contributed by atoms with van der Waals surface area (Å²) in [6.45, 7) is 2.27. The predicted molar refractivity (Wildman–Crippen MR) is 129 cm³/mol. The van der Waals surface area contributed by atoms with Gasteiger partial charge >= 0.3 is 5.97 Å². The van der Waals surface area contributed by atoms with E-state index in [1.165, 1.54) is 128 Å². The number of unbranched alkanes of at least 4 members (excludes halogenated alkanes) is 20. The summed E-state index contributed by atoms with van der Waals surface area (Å²) in [6, 6.07) is 0. The Bertz CT molecular complexity index is 348. The molecule has 0 fully saturated rings. The van der Waals surface area contributed by atoms with Gasteiger partial charge in [-0.05, 0) is 32.1 Å². The van der Waals surface area contributed by atoms with Crippen molar-refractivity contribution in [1.82, 2.24) is 0 Å². The molecule has 0 amide bonds. The number of aliphatic carboxylic acids is 1. The number of rotatable bonds is 24. The first-order valence-electron chi connectivity index (χ1n) is 13.1. The van der Waals surface area contributed by atoms with Gasteiger partial charge in [-0.25, -0.2) is 0 Å². The van der Waals surface area contributed by atoms with Crippen molar-refractivity contribution in [2.45, 2.75) is 155 Å². The number of carboxylic acid groups (broad SMARTS) is 1. The molecule has 29 heavy (non-hydrogen) atoms. The molecule has 0 atom stereocenters. The van der Waals surface area contributed by atoms with E-state index in [4.69, 9.17) is 5.11 Å². The molecule has 0 aliphatic heterocycles. The van der Waals surface area contributed by atoms with Crippen LogP contribution in [-0.4, -0.2) is 11.1 Å². The first kappa shape index (κ1) is 28.2. The van der Waals surface area contributed by atoms with Crippen molar-refractivity contribution in [3.8, 4) is 0 Å². The monoisotopic (exact) mass is 408 g/mol. The lowest BCUT2D eigenvalue weighted by Crippen LogP contribution is -1.93. The van der Waals surface area contributed by atoms with Gasteiger partial charge in [-0.1, -0.05) is 128 Å². The van der Waals surface area contributed by atoms with E-state index in [0.717, 1.165) is 12.8 Å². The lowest BCUT2D eigenvalue weighted by Gasteiger charge is -2.03. The van der Waals surface area contributed by atoms with Gasteiger partial charge in [0, 0.05) is 6.42 Å². The maximum atomic E-state index is 10.4. The van der Waals surface area contributed by atoms with E-state index in [2.05, 4.69) is 19.1 Å². The molecule has 0 aromatic heterocycles. The van der Waals surface area contributed by atoms with Gasteiger partial charge in [0.2, 0.25) is 0 Å². The first-order chi connectivity index (χ1) is 14.3. The van der Waals surface area contributed by atoms with E-state index in [9.17, 15) is 4.79 Å². The summed E-state index contributed by atoms with van der Waals surface area (Å²) in [7, 11) is 0. The number of hydrogen-bond donors (Lipinski definition) is 1. The molecule has 0 bridgehead atoms. The van der Waals surface area contributed by atoms with Gasteiger partial charge in [-0.3, -0.25) is 4.79 Å². The number of allylic oxidation sites excluding steroid dienone is 2. The van der Waals surface area contributed by atoms with E-state index in [0.29, 0.717) is 6.42 Å². The third-order valence-corrected chi connectivity index (χ3v) is 5.90. The minimum Gasteiger partial charge on any atom is -0.481 e. The molecule has 2 nitrogen and oxygen atoms in total. The average molecular weight is 409 g/mol. The third kappa shape index (κ3) is 27.2. The van der Waals surface area contributed by atoms with Gasteiger partial charge in [-0.15, -0.1) is 0 Å². The highest BCUT2D eigenvalue weighted by molar-refractivity contribution is 5.66. The van der Waals surface area contributed by atoms with Crippen molar-refractivity contribution in [2.24, 2.45) is 0 Å². The first-order valence-corrected chi connectivity index (χ1v) is 13.1. The number of carbonyl (C=O) groups is 1. The molecule has 0 aliphatic rings. The fourth-order valence-corrected chi connectivity index (χ4v) is 3.94. The second-order valence-corrected chi connectivity index (χ2v) is 8.91.